The van der Waals surface area contributed by atoms with E-state index in [9.17, 15) is 4.79 Å². The number of nitrogens with two attached hydrogens (primary N) is 1. The molecule has 1 aliphatic heterocycles. The summed E-state index contributed by atoms with van der Waals surface area (Å²) in [5.74, 6) is 0.588. The fourth-order valence-electron chi connectivity index (χ4n) is 2.05. The fourth-order valence-corrected chi connectivity index (χ4v) is 2.05. The summed E-state index contributed by atoms with van der Waals surface area (Å²) in [4.78, 5) is 16.4. The number of nitrogens with zero attached hydrogens (tertiary/aromatic N) is 2. The van der Waals surface area contributed by atoms with E-state index in [-0.39, 0.29) is 11.9 Å². The Balaban J connectivity index is 2.36. The number of hydrogen-bond donors (Lipinski definition) is 1. The summed E-state index contributed by atoms with van der Waals surface area (Å²) in [6.07, 6.45) is 0.485. The monoisotopic (exact) mass is 241 g/mol. The third-order valence-electron chi connectivity index (χ3n) is 3.66. The van der Waals surface area contributed by atoms with Gasteiger partial charge >= 0.3 is 0 Å². The molecule has 0 aromatic carbocycles. The van der Waals surface area contributed by atoms with Crippen LogP contribution in [-0.2, 0) is 4.79 Å². The number of hydrogen-bond acceptors (Lipinski definition) is 3. The first-order valence-corrected chi connectivity index (χ1v) is 6.69. The Kier molecular flexibility index (Phi) is 5.40. The minimum atomic E-state index is -0.00868. The van der Waals surface area contributed by atoms with Gasteiger partial charge in [0, 0.05) is 44.7 Å². The maximum Gasteiger partial charge on any atom is 0.224 e. The number of carbonyl (C=O) groups is 1. The van der Waals surface area contributed by atoms with Gasteiger partial charge in [0.2, 0.25) is 5.91 Å². The zero-order valence-electron chi connectivity index (χ0n) is 11.6. The lowest BCUT2D eigenvalue weighted by molar-refractivity contribution is -0.133. The molecule has 1 heterocycles. The van der Waals surface area contributed by atoms with Gasteiger partial charge in [-0.1, -0.05) is 13.8 Å². The van der Waals surface area contributed by atoms with Gasteiger partial charge in [0.05, 0.1) is 0 Å². The van der Waals surface area contributed by atoms with E-state index in [1.165, 1.54) is 0 Å². The van der Waals surface area contributed by atoms with Gasteiger partial charge in [-0.3, -0.25) is 9.69 Å². The molecule has 0 radical (unpaired) electrons. The van der Waals surface area contributed by atoms with Gasteiger partial charge in [-0.25, -0.2) is 0 Å². The van der Waals surface area contributed by atoms with Crippen molar-refractivity contribution in [2.45, 2.75) is 46.2 Å². The van der Waals surface area contributed by atoms with Crippen LogP contribution in [0.5, 0.6) is 0 Å². The summed E-state index contributed by atoms with van der Waals surface area (Å²) in [7, 11) is 0. The molecule has 0 spiro atoms. The lowest BCUT2D eigenvalue weighted by atomic mass is 10.0. The molecule has 1 fully saturated rings. The molecule has 4 nitrogen and oxygen atoms in total. The summed E-state index contributed by atoms with van der Waals surface area (Å²) in [5, 5.41) is 0. The van der Waals surface area contributed by atoms with Crippen LogP contribution >= 0.6 is 0 Å². The highest BCUT2D eigenvalue weighted by Crippen LogP contribution is 2.10. The maximum atomic E-state index is 12.0. The van der Waals surface area contributed by atoms with Crippen LogP contribution in [0.4, 0.5) is 0 Å². The van der Waals surface area contributed by atoms with Gasteiger partial charge in [-0.15, -0.1) is 0 Å². The fraction of sp³-hybridized carbons (Fsp3) is 0.923. The molecule has 1 aliphatic rings. The van der Waals surface area contributed by atoms with Crippen molar-refractivity contribution >= 4 is 5.91 Å². The average molecular weight is 241 g/mol. The standard InChI is InChI=1S/C13H27N3O/c1-10(2)12(14)9-13(17)16-7-5-15(6-8-16)11(3)4/h10-12H,5-9,14H2,1-4H3. The molecular weight excluding hydrogens is 214 g/mol. The van der Waals surface area contributed by atoms with Gasteiger partial charge in [0.15, 0.2) is 0 Å². The lowest BCUT2D eigenvalue weighted by Gasteiger charge is -2.37. The zero-order valence-corrected chi connectivity index (χ0v) is 11.6. The Bertz CT molecular complexity index is 245. The minimum Gasteiger partial charge on any atom is -0.340 e. The molecule has 0 bridgehead atoms. The van der Waals surface area contributed by atoms with Crippen molar-refractivity contribution in [2.75, 3.05) is 26.2 Å². The second kappa shape index (κ2) is 6.36. The van der Waals surface area contributed by atoms with Crippen LogP contribution in [0.1, 0.15) is 34.1 Å². The van der Waals surface area contributed by atoms with Crippen molar-refractivity contribution < 1.29 is 4.79 Å². The molecule has 1 atom stereocenters. The van der Waals surface area contributed by atoms with Crippen LogP contribution in [0.3, 0.4) is 0 Å². The highest BCUT2D eigenvalue weighted by molar-refractivity contribution is 5.77. The van der Waals surface area contributed by atoms with Crippen molar-refractivity contribution in [3.05, 3.63) is 0 Å². The van der Waals surface area contributed by atoms with Crippen molar-refractivity contribution in [1.82, 2.24) is 9.80 Å². The Labute approximate surface area is 105 Å². The van der Waals surface area contributed by atoms with Gasteiger partial charge in [0.25, 0.3) is 0 Å². The van der Waals surface area contributed by atoms with Crippen molar-refractivity contribution in [1.29, 1.82) is 0 Å². The van der Waals surface area contributed by atoms with Crippen LogP contribution in [0.25, 0.3) is 0 Å². The predicted octanol–water partition coefficient (Wildman–Crippen LogP) is 0.912. The van der Waals surface area contributed by atoms with E-state index >= 15 is 0 Å². The molecule has 1 rings (SSSR count). The third-order valence-corrected chi connectivity index (χ3v) is 3.66. The minimum absolute atomic E-state index is 0.00868. The van der Waals surface area contributed by atoms with E-state index in [0.717, 1.165) is 26.2 Å². The number of amides is 1. The first kappa shape index (κ1) is 14.5. The molecule has 0 aromatic rings. The molecule has 17 heavy (non-hydrogen) atoms. The summed E-state index contributed by atoms with van der Waals surface area (Å²) in [5.41, 5.74) is 5.94. The summed E-state index contributed by atoms with van der Waals surface area (Å²) < 4.78 is 0. The zero-order chi connectivity index (χ0) is 13.0. The first-order chi connectivity index (χ1) is 7.91. The van der Waals surface area contributed by atoms with Crippen LogP contribution < -0.4 is 5.73 Å². The molecule has 1 unspecified atom stereocenters. The molecule has 0 aromatic heterocycles. The number of carbonyl (C=O) groups excluding carboxylic acids is 1. The van der Waals surface area contributed by atoms with Crippen LogP contribution in [-0.4, -0.2) is 54.0 Å². The largest absolute Gasteiger partial charge is 0.340 e. The first-order valence-electron chi connectivity index (χ1n) is 6.69. The average Bonchev–Trinajstić information content (AvgIpc) is 2.28. The SMILES string of the molecule is CC(C)C(N)CC(=O)N1CCN(C(C)C)CC1. The van der Waals surface area contributed by atoms with Crippen molar-refractivity contribution in [2.24, 2.45) is 11.7 Å². The summed E-state index contributed by atoms with van der Waals surface area (Å²) >= 11 is 0. The second-order valence-electron chi connectivity index (χ2n) is 5.62. The molecular formula is C13H27N3O. The summed E-state index contributed by atoms with van der Waals surface area (Å²) in [6, 6.07) is 0.566. The van der Waals surface area contributed by atoms with Crippen LogP contribution in [0.15, 0.2) is 0 Å². The summed E-state index contributed by atoms with van der Waals surface area (Å²) in [6.45, 7) is 12.2. The molecule has 0 saturated carbocycles. The molecule has 2 N–H and O–H groups in total. The quantitative estimate of drug-likeness (QED) is 0.796. The van der Waals surface area contributed by atoms with Gasteiger partial charge in [-0.05, 0) is 19.8 Å². The highest BCUT2D eigenvalue weighted by atomic mass is 16.2. The molecule has 100 valence electrons. The maximum absolute atomic E-state index is 12.0. The van der Waals surface area contributed by atoms with E-state index in [0.29, 0.717) is 18.4 Å². The lowest BCUT2D eigenvalue weighted by Crippen LogP contribution is -2.51. The van der Waals surface area contributed by atoms with Gasteiger partial charge < -0.3 is 10.6 Å². The van der Waals surface area contributed by atoms with E-state index in [1.807, 2.05) is 4.90 Å². The molecule has 4 heteroatoms. The van der Waals surface area contributed by atoms with Crippen LogP contribution in [0.2, 0.25) is 0 Å². The Morgan fingerprint density at radius 3 is 2.06 bits per heavy atom. The molecule has 0 aliphatic carbocycles. The third kappa shape index (κ3) is 4.28. The van der Waals surface area contributed by atoms with Gasteiger partial charge in [-0.2, -0.15) is 0 Å². The number of rotatable bonds is 4. The van der Waals surface area contributed by atoms with Crippen molar-refractivity contribution in [3.8, 4) is 0 Å². The Morgan fingerprint density at radius 2 is 1.65 bits per heavy atom. The normalized spacial score (nSPS) is 20.1. The van der Waals surface area contributed by atoms with Crippen LogP contribution in [0, 0.1) is 5.92 Å². The van der Waals surface area contributed by atoms with Gasteiger partial charge in [0.1, 0.15) is 0 Å². The van der Waals surface area contributed by atoms with E-state index < -0.39 is 0 Å². The van der Waals surface area contributed by atoms with E-state index in [1.54, 1.807) is 0 Å². The van der Waals surface area contributed by atoms with E-state index in [2.05, 4.69) is 32.6 Å². The topological polar surface area (TPSA) is 49.6 Å². The van der Waals surface area contributed by atoms with Crippen molar-refractivity contribution in [3.63, 3.8) is 0 Å². The smallest absolute Gasteiger partial charge is 0.224 e. The molecule has 1 saturated heterocycles. The predicted molar refractivity (Wildman–Crippen MR) is 70.7 cm³/mol. The Morgan fingerprint density at radius 1 is 1.12 bits per heavy atom. The van der Waals surface area contributed by atoms with E-state index in [4.69, 9.17) is 5.73 Å². The molecule has 1 amide bonds. The highest BCUT2D eigenvalue weighted by Gasteiger charge is 2.24. The number of piperazine rings is 1. The Hall–Kier alpha value is -0.610. The second-order valence-corrected chi connectivity index (χ2v) is 5.62.